The summed E-state index contributed by atoms with van der Waals surface area (Å²) in [5.74, 6) is 1.35. The van der Waals surface area contributed by atoms with Gasteiger partial charge in [0.15, 0.2) is 5.96 Å². The Bertz CT molecular complexity index is 493. The van der Waals surface area contributed by atoms with Crippen LogP contribution in [0.15, 0.2) is 29.3 Å². The van der Waals surface area contributed by atoms with Crippen LogP contribution in [0.3, 0.4) is 0 Å². The second-order valence-corrected chi connectivity index (χ2v) is 5.21. The molecule has 2 N–H and O–H groups in total. The fourth-order valence-corrected chi connectivity index (χ4v) is 1.94. The van der Waals surface area contributed by atoms with Gasteiger partial charge in [-0.3, -0.25) is 0 Å². The molecule has 5 nitrogen and oxygen atoms in total. The quantitative estimate of drug-likeness (QED) is 0.477. The molecule has 1 saturated carbocycles. The predicted molar refractivity (Wildman–Crippen MR) is 83.3 cm³/mol. The van der Waals surface area contributed by atoms with Gasteiger partial charge in [-0.05, 0) is 43.4 Å². The molecule has 5 heteroatoms. The Morgan fingerprint density at radius 2 is 2.00 bits per heavy atom. The summed E-state index contributed by atoms with van der Waals surface area (Å²) in [5.41, 5.74) is 1.62. The van der Waals surface area contributed by atoms with E-state index < -0.39 is 0 Å². The lowest BCUT2D eigenvalue weighted by molar-refractivity contribution is 0.0600. The maximum Gasteiger partial charge on any atom is 0.337 e. The van der Waals surface area contributed by atoms with E-state index in [-0.39, 0.29) is 5.97 Å². The van der Waals surface area contributed by atoms with Crippen molar-refractivity contribution in [3.63, 3.8) is 0 Å². The third-order valence-electron chi connectivity index (χ3n) is 3.39. The first-order valence-corrected chi connectivity index (χ1v) is 7.42. The number of aliphatic imine (C=N–C) groups is 1. The van der Waals surface area contributed by atoms with E-state index in [4.69, 9.17) is 0 Å². The normalized spacial score (nSPS) is 14.7. The zero-order valence-corrected chi connectivity index (χ0v) is 12.7. The summed E-state index contributed by atoms with van der Waals surface area (Å²) in [5, 5.41) is 6.60. The molecule has 1 fully saturated rings. The van der Waals surface area contributed by atoms with Crippen molar-refractivity contribution >= 4 is 11.9 Å². The van der Waals surface area contributed by atoms with Crippen molar-refractivity contribution in [3.8, 4) is 0 Å². The Labute approximate surface area is 125 Å². The molecule has 0 unspecified atom stereocenters. The van der Waals surface area contributed by atoms with Crippen LogP contribution >= 0.6 is 0 Å². The summed E-state index contributed by atoms with van der Waals surface area (Å²) in [6, 6.07) is 7.34. The van der Waals surface area contributed by atoms with Gasteiger partial charge in [0.1, 0.15) is 0 Å². The third-order valence-corrected chi connectivity index (χ3v) is 3.39. The number of rotatable bonds is 6. The van der Waals surface area contributed by atoms with Gasteiger partial charge in [0.2, 0.25) is 0 Å². The van der Waals surface area contributed by atoms with E-state index >= 15 is 0 Å². The second-order valence-electron chi connectivity index (χ2n) is 5.21. The van der Waals surface area contributed by atoms with Crippen molar-refractivity contribution in [2.75, 3.05) is 20.2 Å². The molecule has 0 aliphatic heterocycles. The molecule has 1 aliphatic carbocycles. The van der Waals surface area contributed by atoms with E-state index in [1.807, 2.05) is 12.1 Å². The van der Waals surface area contributed by atoms with Crippen molar-refractivity contribution < 1.29 is 9.53 Å². The van der Waals surface area contributed by atoms with E-state index in [1.54, 1.807) is 12.1 Å². The fourth-order valence-electron chi connectivity index (χ4n) is 1.94. The lowest BCUT2D eigenvalue weighted by Gasteiger charge is -2.10. The molecule has 0 saturated heterocycles. The van der Waals surface area contributed by atoms with Crippen molar-refractivity contribution in [2.24, 2.45) is 10.9 Å². The molecular weight excluding hydrogens is 266 g/mol. The molecule has 1 aliphatic rings. The first-order chi connectivity index (χ1) is 10.2. The van der Waals surface area contributed by atoms with Crippen LogP contribution in [-0.4, -0.2) is 32.1 Å². The van der Waals surface area contributed by atoms with Gasteiger partial charge in [-0.2, -0.15) is 0 Å². The highest BCUT2D eigenvalue weighted by Crippen LogP contribution is 2.27. The molecule has 21 heavy (non-hydrogen) atoms. The van der Waals surface area contributed by atoms with Crippen LogP contribution in [0.1, 0.15) is 35.7 Å². The molecular formula is C16H23N3O2. The molecule has 0 atom stereocenters. The number of ether oxygens (including phenoxy) is 1. The summed E-state index contributed by atoms with van der Waals surface area (Å²) in [7, 11) is 1.38. The van der Waals surface area contributed by atoms with Crippen LogP contribution in [0.2, 0.25) is 0 Å². The standard InChI is InChI=1S/C16H23N3O2/c1-3-17-16(18-10-12-4-5-12)19-11-13-6-8-14(9-7-13)15(20)21-2/h6-9,12H,3-5,10-11H2,1-2H3,(H2,17,18,19). The Morgan fingerprint density at radius 3 is 2.57 bits per heavy atom. The molecule has 2 rings (SSSR count). The summed E-state index contributed by atoms with van der Waals surface area (Å²) in [6.07, 6.45) is 2.64. The Hall–Kier alpha value is -2.04. The van der Waals surface area contributed by atoms with Crippen molar-refractivity contribution in [1.29, 1.82) is 0 Å². The highest BCUT2D eigenvalue weighted by molar-refractivity contribution is 5.89. The molecule has 114 valence electrons. The van der Waals surface area contributed by atoms with Gasteiger partial charge in [0.25, 0.3) is 0 Å². The lowest BCUT2D eigenvalue weighted by atomic mass is 10.1. The van der Waals surface area contributed by atoms with Crippen LogP contribution < -0.4 is 10.6 Å². The maximum absolute atomic E-state index is 11.4. The number of methoxy groups -OCH3 is 1. The Morgan fingerprint density at radius 1 is 1.29 bits per heavy atom. The minimum absolute atomic E-state index is 0.315. The number of hydrogen-bond donors (Lipinski definition) is 2. The average Bonchev–Trinajstić information content (AvgIpc) is 3.34. The fraction of sp³-hybridized carbons (Fsp3) is 0.500. The predicted octanol–water partition coefficient (Wildman–Crippen LogP) is 1.94. The van der Waals surface area contributed by atoms with E-state index in [9.17, 15) is 4.79 Å². The first-order valence-electron chi connectivity index (χ1n) is 7.42. The van der Waals surface area contributed by atoms with Crippen LogP contribution in [-0.2, 0) is 11.3 Å². The minimum atomic E-state index is -0.315. The Kier molecular flexibility index (Phi) is 5.60. The van der Waals surface area contributed by atoms with Gasteiger partial charge in [0.05, 0.1) is 19.2 Å². The van der Waals surface area contributed by atoms with Crippen LogP contribution in [0, 0.1) is 5.92 Å². The number of guanidine groups is 1. The average molecular weight is 289 g/mol. The molecule has 0 amide bonds. The summed E-state index contributed by atoms with van der Waals surface area (Å²) in [4.78, 5) is 15.9. The molecule has 0 bridgehead atoms. The molecule has 1 aromatic rings. The van der Waals surface area contributed by atoms with Crippen LogP contribution in [0.5, 0.6) is 0 Å². The molecule has 0 heterocycles. The van der Waals surface area contributed by atoms with Crippen LogP contribution in [0.25, 0.3) is 0 Å². The highest BCUT2D eigenvalue weighted by atomic mass is 16.5. The van der Waals surface area contributed by atoms with E-state index in [1.165, 1.54) is 20.0 Å². The molecule has 0 spiro atoms. The summed E-state index contributed by atoms with van der Waals surface area (Å²) >= 11 is 0. The van der Waals surface area contributed by atoms with E-state index in [2.05, 4.69) is 27.3 Å². The highest BCUT2D eigenvalue weighted by Gasteiger charge is 2.20. The first kappa shape index (κ1) is 15.4. The van der Waals surface area contributed by atoms with Gasteiger partial charge in [-0.1, -0.05) is 12.1 Å². The van der Waals surface area contributed by atoms with Crippen molar-refractivity contribution in [3.05, 3.63) is 35.4 Å². The minimum Gasteiger partial charge on any atom is -0.465 e. The summed E-state index contributed by atoms with van der Waals surface area (Å²) < 4.78 is 4.68. The van der Waals surface area contributed by atoms with Gasteiger partial charge < -0.3 is 15.4 Å². The number of hydrogen-bond acceptors (Lipinski definition) is 3. The van der Waals surface area contributed by atoms with Gasteiger partial charge in [-0.15, -0.1) is 0 Å². The number of carbonyl (C=O) groups excluding carboxylic acids is 1. The van der Waals surface area contributed by atoms with Crippen LogP contribution in [0.4, 0.5) is 0 Å². The van der Waals surface area contributed by atoms with E-state index in [0.717, 1.165) is 30.5 Å². The lowest BCUT2D eigenvalue weighted by Crippen LogP contribution is -2.38. The van der Waals surface area contributed by atoms with Crippen molar-refractivity contribution in [1.82, 2.24) is 10.6 Å². The topological polar surface area (TPSA) is 62.7 Å². The van der Waals surface area contributed by atoms with Gasteiger partial charge in [0, 0.05) is 13.1 Å². The molecule has 0 radical (unpaired) electrons. The number of carbonyl (C=O) groups is 1. The molecule has 0 aromatic heterocycles. The van der Waals surface area contributed by atoms with E-state index in [0.29, 0.717) is 12.1 Å². The number of nitrogens with zero attached hydrogens (tertiary/aromatic N) is 1. The smallest absolute Gasteiger partial charge is 0.337 e. The van der Waals surface area contributed by atoms with Crippen molar-refractivity contribution in [2.45, 2.75) is 26.3 Å². The largest absolute Gasteiger partial charge is 0.465 e. The van der Waals surface area contributed by atoms with Gasteiger partial charge >= 0.3 is 5.97 Å². The molecule has 1 aromatic carbocycles. The third kappa shape index (κ3) is 5.10. The second kappa shape index (κ2) is 7.67. The van der Waals surface area contributed by atoms with Gasteiger partial charge in [-0.25, -0.2) is 9.79 Å². The zero-order valence-electron chi connectivity index (χ0n) is 12.7. The zero-order chi connectivity index (χ0) is 15.1. The summed E-state index contributed by atoms with van der Waals surface area (Å²) in [6.45, 7) is 4.48. The SMILES string of the molecule is CCNC(=NCc1ccc(C(=O)OC)cc1)NCC1CC1. The Balaban J connectivity index is 1.90. The monoisotopic (exact) mass is 289 g/mol. The number of nitrogens with one attached hydrogen (secondary N) is 2. The maximum atomic E-state index is 11.4. The number of esters is 1. The number of benzene rings is 1.